The molecule has 0 saturated heterocycles. The van der Waals surface area contributed by atoms with Crippen LogP contribution >= 0.6 is 0 Å². The zero-order valence-corrected chi connectivity index (χ0v) is 19.8. The monoisotopic (exact) mass is 511 g/mol. The fourth-order valence-corrected chi connectivity index (χ4v) is 3.71. The lowest BCUT2D eigenvalue weighted by Crippen LogP contribution is -2.55. The number of carboxylic acid groups (broad SMARTS) is 1. The lowest BCUT2D eigenvalue weighted by atomic mass is 10.0. The van der Waals surface area contributed by atoms with Gasteiger partial charge in [0.1, 0.15) is 17.8 Å². The standard InChI is InChI=1S/C25H29N5O7/c26-18(9-14-5-7-16(32)8-6-14)23(34)28-12-22(33)29-20(24(35)30-21(13-31)25(36)37)10-15-11-27-19-4-2-1-3-17(15)19/h1-8,11,18,20-21,27,31-32H,9-10,12-13,26H2,(H,28,34)(H,29,33)(H,30,35)(H,36,37)/t18-,20-,21-/m0/s1. The Balaban J connectivity index is 1.64. The van der Waals surface area contributed by atoms with Gasteiger partial charge in [0.25, 0.3) is 0 Å². The van der Waals surface area contributed by atoms with Crippen LogP contribution in [0.5, 0.6) is 5.75 Å². The number of aliphatic hydroxyl groups is 1. The number of hydrogen-bond donors (Lipinski definition) is 8. The number of nitrogens with two attached hydrogens (primary N) is 1. The number of rotatable bonds is 12. The molecule has 0 saturated carbocycles. The number of H-pyrrole nitrogens is 1. The van der Waals surface area contributed by atoms with Crippen molar-refractivity contribution in [1.82, 2.24) is 20.9 Å². The topological polar surface area (TPSA) is 207 Å². The Bertz CT molecular complexity index is 1260. The number of aliphatic carboxylic acids is 1. The van der Waals surface area contributed by atoms with E-state index in [0.29, 0.717) is 5.56 Å². The van der Waals surface area contributed by atoms with Crippen molar-refractivity contribution in [1.29, 1.82) is 0 Å². The summed E-state index contributed by atoms with van der Waals surface area (Å²) in [5.41, 5.74) is 8.15. The lowest BCUT2D eigenvalue weighted by molar-refractivity contribution is -0.143. The maximum absolute atomic E-state index is 12.9. The van der Waals surface area contributed by atoms with Crippen molar-refractivity contribution >= 4 is 34.6 Å². The molecule has 0 fully saturated rings. The Hall–Kier alpha value is -4.42. The summed E-state index contributed by atoms with van der Waals surface area (Å²) in [6.07, 6.45) is 1.88. The van der Waals surface area contributed by atoms with E-state index < -0.39 is 55.0 Å². The number of aromatic nitrogens is 1. The van der Waals surface area contributed by atoms with Crippen molar-refractivity contribution in [3.05, 3.63) is 65.9 Å². The lowest BCUT2D eigenvalue weighted by Gasteiger charge is -2.21. The van der Waals surface area contributed by atoms with Gasteiger partial charge >= 0.3 is 5.97 Å². The smallest absolute Gasteiger partial charge is 0.328 e. The molecule has 196 valence electrons. The Kier molecular flexibility index (Phi) is 9.19. The summed E-state index contributed by atoms with van der Waals surface area (Å²) in [7, 11) is 0. The van der Waals surface area contributed by atoms with E-state index in [2.05, 4.69) is 20.9 Å². The van der Waals surface area contributed by atoms with Gasteiger partial charge in [-0.3, -0.25) is 14.4 Å². The van der Waals surface area contributed by atoms with Crippen LogP contribution in [0.2, 0.25) is 0 Å². The number of carbonyl (C=O) groups is 4. The first-order chi connectivity index (χ1) is 17.7. The molecule has 3 atom stereocenters. The predicted octanol–water partition coefficient (Wildman–Crippen LogP) is -0.851. The molecule has 0 aliphatic carbocycles. The largest absolute Gasteiger partial charge is 0.508 e. The number of para-hydroxylation sites is 1. The van der Waals surface area contributed by atoms with Gasteiger partial charge in [0, 0.05) is 23.5 Å². The first kappa shape index (κ1) is 27.2. The first-order valence-electron chi connectivity index (χ1n) is 11.5. The number of phenols is 1. The molecule has 0 spiro atoms. The SMILES string of the molecule is N[C@@H](Cc1ccc(O)cc1)C(=O)NCC(=O)N[C@@H](Cc1c[nH]c2ccccc12)C(=O)N[C@@H](CO)C(=O)O. The summed E-state index contributed by atoms with van der Waals surface area (Å²) in [4.78, 5) is 52.1. The molecule has 37 heavy (non-hydrogen) atoms. The van der Waals surface area contributed by atoms with Crippen molar-refractivity contribution in [3.63, 3.8) is 0 Å². The average molecular weight is 512 g/mol. The molecule has 12 nitrogen and oxygen atoms in total. The van der Waals surface area contributed by atoms with Gasteiger partial charge in [-0.05, 0) is 35.7 Å². The number of hydrogen-bond acceptors (Lipinski definition) is 7. The normalized spacial score (nSPS) is 13.4. The molecular weight excluding hydrogens is 482 g/mol. The third kappa shape index (κ3) is 7.53. The molecule has 2 aromatic carbocycles. The van der Waals surface area contributed by atoms with E-state index in [4.69, 9.17) is 10.8 Å². The highest BCUT2D eigenvalue weighted by Gasteiger charge is 2.27. The van der Waals surface area contributed by atoms with Crippen molar-refractivity contribution in [2.75, 3.05) is 13.2 Å². The molecule has 3 aromatic rings. The maximum Gasteiger partial charge on any atom is 0.328 e. The van der Waals surface area contributed by atoms with Crippen LogP contribution in [0.25, 0.3) is 10.9 Å². The molecule has 0 aliphatic rings. The number of carboxylic acids is 1. The zero-order chi connectivity index (χ0) is 26.9. The summed E-state index contributed by atoms with van der Waals surface area (Å²) < 4.78 is 0. The van der Waals surface area contributed by atoms with E-state index in [0.717, 1.165) is 16.5 Å². The van der Waals surface area contributed by atoms with Gasteiger partial charge in [0.05, 0.1) is 19.2 Å². The molecule has 3 rings (SSSR count). The van der Waals surface area contributed by atoms with Crippen LogP contribution in [0.1, 0.15) is 11.1 Å². The summed E-state index contributed by atoms with van der Waals surface area (Å²) in [6.45, 7) is -1.30. The fourth-order valence-electron chi connectivity index (χ4n) is 3.71. The second-order valence-electron chi connectivity index (χ2n) is 8.46. The van der Waals surface area contributed by atoms with E-state index >= 15 is 0 Å². The Morgan fingerprint density at radius 2 is 1.62 bits per heavy atom. The fraction of sp³-hybridized carbons (Fsp3) is 0.280. The third-order valence-electron chi connectivity index (χ3n) is 5.70. The molecular formula is C25H29N5O7. The van der Waals surface area contributed by atoms with Crippen LogP contribution in [0.15, 0.2) is 54.7 Å². The third-order valence-corrected chi connectivity index (χ3v) is 5.70. The van der Waals surface area contributed by atoms with Gasteiger partial charge in [-0.15, -0.1) is 0 Å². The molecule has 1 heterocycles. The van der Waals surface area contributed by atoms with Gasteiger partial charge in [-0.2, -0.15) is 0 Å². The molecule has 1 aromatic heterocycles. The van der Waals surface area contributed by atoms with Crippen LogP contribution in [0.4, 0.5) is 0 Å². The summed E-state index contributed by atoms with van der Waals surface area (Å²) >= 11 is 0. The van der Waals surface area contributed by atoms with E-state index in [1.165, 1.54) is 12.1 Å². The minimum Gasteiger partial charge on any atom is -0.508 e. The Morgan fingerprint density at radius 3 is 2.30 bits per heavy atom. The molecule has 9 N–H and O–H groups in total. The van der Waals surface area contributed by atoms with Gasteiger partial charge in [-0.25, -0.2) is 4.79 Å². The van der Waals surface area contributed by atoms with Crippen LogP contribution in [-0.4, -0.2) is 75.3 Å². The number of fused-ring (bicyclic) bond motifs is 1. The number of benzene rings is 2. The minimum atomic E-state index is -1.55. The number of aromatic hydroxyl groups is 1. The Morgan fingerprint density at radius 1 is 0.919 bits per heavy atom. The number of nitrogens with one attached hydrogen (secondary N) is 4. The molecule has 0 bridgehead atoms. The van der Waals surface area contributed by atoms with Crippen LogP contribution in [0.3, 0.4) is 0 Å². The van der Waals surface area contributed by atoms with Gasteiger partial charge in [-0.1, -0.05) is 30.3 Å². The Labute approximate surface area is 211 Å². The van der Waals surface area contributed by atoms with Crippen molar-refractivity contribution < 1.29 is 34.5 Å². The van der Waals surface area contributed by atoms with E-state index in [9.17, 15) is 29.4 Å². The van der Waals surface area contributed by atoms with Crippen molar-refractivity contribution in [2.45, 2.75) is 31.0 Å². The highest BCUT2D eigenvalue weighted by Crippen LogP contribution is 2.19. The molecule has 0 unspecified atom stereocenters. The minimum absolute atomic E-state index is 0.0215. The molecule has 12 heteroatoms. The second kappa shape index (κ2) is 12.5. The highest BCUT2D eigenvalue weighted by molar-refractivity contribution is 5.93. The maximum atomic E-state index is 12.9. The predicted molar refractivity (Wildman–Crippen MR) is 133 cm³/mol. The average Bonchev–Trinajstić information content (AvgIpc) is 3.29. The number of aromatic amines is 1. The summed E-state index contributed by atoms with van der Waals surface area (Å²) in [5, 5.41) is 35.7. The van der Waals surface area contributed by atoms with Crippen LogP contribution < -0.4 is 21.7 Å². The molecule has 0 aliphatic heterocycles. The van der Waals surface area contributed by atoms with Crippen molar-refractivity contribution in [3.8, 4) is 5.75 Å². The highest BCUT2D eigenvalue weighted by atomic mass is 16.4. The van der Waals surface area contributed by atoms with E-state index in [1.807, 2.05) is 24.3 Å². The van der Waals surface area contributed by atoms with Crippen molar-refractivity contribution in [2.24, 2.45) is 5.73 Å². The number of carbonyl (C=O) groups excluding carboxylic acids is 3. The van der Waals surface area contributed by atoms with Gasteiger partial charge in [0.2, 0.25) is 17.7 Å². The van der Waals surface area contributed by atoms with Crippen LogP contribution in [-0.2, 0) is 32.0 Å². The molecule has 3 amide bonds. The quantitative estimate of drug-likeness (QED) is 0.153. The second-order valence-corrected chi connectivity index (χ2v) is 8.46. The summed E-state index contributed by atoms with van der Waals surface area (Å²) in [5.74, 6) is -3.44. The number of amides is 3. The van der Waals surface area contributed by atoms with E-state index in [1.54, 1.807) is 18.3 Å². The molecule has 0 radical (unpaired) electrons. The number of aliphatic hydroxyl groups excluding tert-OH is 1. The summed E-state index contributed by atoms with van der Waals surface area (Å²) in [6, 6.07) is 9.82. The van der Waals surface area contributed by atoms with Gasteiger partial charge < -0.3 is 42.0 Å². The number of phenolic OH excluding ortho intramolecular Hbond substituents is 1. The van der Waals surface area contributed by atoms with Gasteiger partial charge in [0.15, 0.2) is 0 Å². The zero-order valence-electron chi connectivity index (χ0n) is 19.8. The van der Waals surface area contributed by atoms with E-state index in [-0.39, 0.29) is 18.6 Å². The first-order valence-corrected chi connectivity index (χ1v) is 11.5. The van der Waals surface area contributed by atoms with Crippen LogP contribution in [0, 0.1) is 0 Å².